The monoisotopic (exact) mass is 653 g/mol. The minimum absolute atomic E-state index is 0.880. The van der Waals surface area contributed by atoms with E-state index in [2.05, 4.69) is 163 Å². The molecule has 0 unspecified atom stereocenters. The van der Waals surface area contributed by atoms with E-state index in [4.69, 9.17) is 8.83 Å². The van der Waals surface area contributed by atoms with E-state index in [0.29, 0.717) is 0 Å². The number of benzene rings is 8. The van der Waals surface area contributed by atoms with E-state index in [1.165, 1.54) is 33.4 Å². The minimum atomic E-state index is 0.880. The second-order valence-electron chi connectivity index (χ2n) is 12.9. The smallest absolute Gasteiger partial charge is 0.137 e. The number of nitrogens with zero attached hydrogens (tertiary/aromatic N) is 1. The van der Waals surface area contributed by atoms with Crippen molar-refractivity contribution in [2.75, 3.05) is 4.90 Å². The first-order valence-corrected chi connectivity index (χ1v) is 17.2. The SMILES string of the molecule is c1ccc(N(c2ccc(-c3ccc(-c4ccc(-c5cccc6oc7ccccc7c56)cc4)cc3)cc2)c2ccc3c(c2)oc2ccccc23)cc1. The van der Waals surface area contributed by atoms with Crippen LogP contribution in [0.5, 0.6) is 0 Å². The maximum absolute atomic E-state index is 6.26. The lowest BCUT2D eigenvalue weighted by Gasteiger charge is -2.25. The molecule has 3 nitrogen and oxygen atoms in total. The number of hydrogen-bond acceptors (Lipinski definition) is 3. The number of rotatable bonds is 6. The lowest BCUT2D eigenvalue weighted by molar-refractivity contribution is 0.668. The summed E-state index contributed by atoms with van der Waals surface area (Å²) in [6, 6.07) is 66.2. The van der Waals surface area contributed by atoms with Crippen molar-refractivity contribution in [3.63, 3.8) is 0 Å². The van der Waals surface area contributed by atoms with Crippen LogP contribution in [0.2, 0.25) is 0 Å². The fourth-order valence-corrected chi connectivity index (χ4v) is 7.39. The molecular formula is C48H31NO2. The second-order valence-corrected chi connectivity index (χ2v) is 12.9. The topological polar surface area (TPSA) is 29.5 Å². The summed E-state index contributed by atoms with van der Waals surface area (Å²) < 4.78 is 12.4. The summed E-state index contributed by atoms with van der Waals surface area (Å²) in [5.74, 6) is 0. The summed E-state index contributed by atoms with van der Waals surface area (Å²) in [5, 5.41) is 4.57. The van der Waals surface area contributed by atoms with Gasteiger partial charge in [0, 0.05) is 44.7 Å². The number of anilines is 3. The summed E-state index contributed by atoms with van der Waals surface area (Å²) in [6.45, 7) is 0. The van der Waals surface area contributed by atoms with E-state index in [9.17, 15) is 0 Å². The van der Waals surface area contributed by atoms with Crippen LogP contribution in [0.4, 0.5) is 17.1 Å². The van der Waals surface area contributed by atoms with Gasteiger partial charge >= 0.3 is 0 Å². The van der Waals surface area contributed by atoms with Gasteiger partial charge < -0.3 is 13.7 Å². The van der Waals surface area contributed by atoms with Gasteiger partial charge in [-0.15, -0.1) is 0 Å². The van der Waals surface area contributed by atoms with E-state index >= 15 is 0 Å². The van der Waals surface area contributed by atoms with Gasteiger partial charge in [0.15, 0.2) is 0 Å². The molecule has 10 aromatic rings. The van der Waals surface area contributed by atoms with Crippen LogP contribution in [0, 0.1) is 0 Å². The summed E-state index contributed by atoms with van der Waals surface area (Å²) >= 11 is 0. The van der Waals surface area contributed by atoms with Crippen molar-refractivity contribution < 1.29 is 8.83 Å². The van der Waals surface area contributed by atoms with Gasteiger partial charge in [0.1, 0.15) is 22.3 Å². The van der Waals surface area contributed by atoms with Gasteiger partial charge in [-0.25, -0.2) is 0 Å². The van der Waals surface area contributed by atoms with Crippen molar-refractivity contribution in [3.8, 4) is 33.4 Å². The van der Waals surface area contributed by atoms with Crippen molar-refractivity contribution in [2.45, 2.75) is 0 Å². The summed E-state index contributed by atoms with van der Waals surface area (Å²) in [4.78, 5) is 2.28. The quantitative estimate of drug-likeness (QED) is 0.179. The largest absolute Gasteiger partial charge is 0.456 e. The Kier molecular flexibility index (Phi) is 6.81. The number of furan rings is 2. The number of fused-ring (bicyclic) bond motifs is 6. The molecule has 0 spiro atoms. The zero-order valence-electron chi connectivity index (χ0n) is 27.7. The molecular weight excluding hydrogens is 623 g/mol. The molecule has 0 aliphatic carbocycles. The van der Waals surface area contributed by atoms with E-state index in [-0.39, 0.29) is 0 Å². The summed E-state index contributed by atoms with van der Waals surface area (Å²) in [7, 11) is 0. The fraction of sp³-hybridized carbons (Fsp3) is 0. The van der Waals surface area contributed by atoms with Gasteiger partial charge in [-0.3, -0.25) is 0 Å². The van der Waals surface area contributed by atoms with Crippen molar-refractivity contribution >= 4 is 60.9 Å². The Morgan fingerprint density at radius 3 is 1.45 bits per heavy atom. The lowest BCUT2D eigenvalue weighted by atomic mass is 9.96. The summed E-state index contributed by atoms with van der Waals surface area (Å²) in [6.07, 6.45) is 0. The molecule has 0 atom stereocenters. The molecule has 0 aliphatic heterocycles. The van der Waals surface area contributed by atoms with Crippen molar-refractivity contribution in [1.29, 1.82) is 0 Å². The Labute approximate surface area is 295 Å². The van der Waals surface area contributed by atoms with Crippen LogP contribution in [0.3, 0.4) is 0 Å². The molecule has 0 aliphatic rings. The van der Waals surface area contributed by atoms with Crippen molar-refractivity contribution in [3.05, 3.63) is 188 Å². The average Bonchev–Trinajstić information content (AvgIpc) is 3.77. The molecule has 0 fully saturated rings. The highest BCUT2D eigenvalue weighted by molar-refractivity contribution is 6.12. The molecule has 0 saturated heterocycles. The van der Waals surface area contributed by atoms with E-state index in [1.54, 1.807) is 0 Å². The maximum Gasteiger partial charge on any atom is 0.137 e. The fourth-order valence-electron chi connectivity index (χ4n) is 7.39. The first-order chi connectivity index (χ1) is 25.3. The van der Waals surface area contributed by atoms with Gasteiger partial charge in [-0.05, 0) is 88.0 Å². The highest BCUT2D eigenvalue weighted by Crippen LogP contribution is 2.40. The third-order valence-electron chi connectivity index (χ3n) is 9.91. The van der Waals surface area contributed by atoms with Crippen molar-refractivity contribution in [2.24, 2.45) is 0 Å². The molecule has 2 aromatic heterocycles. The molecule has 0 saturated carbocycles. The normalized spacial score (nSPS) is 11.5. The van der Waals surface area contributed by atoms with Gasteiger partial charge in [-0.1, -0.05) is 127 Å². The molecule has 0 N–H and O–H groups in total. The van der Waals surface area contributed by atoms with Crippen molar-refractivity contribution in [1.82, 2.24) is 0 Å². The second kappa shape index (κ2) is 11.9. The minimum Gasteiger partial charge on any atom is -0.456 e. The van der Waals surface area contributed by atoms with Gasteiger partial charge in [0.05, 0.1) is 0 Å². The van der Waals surface area contributed by atoms with E-state index < -0.39 is 0 Å². The maximum atomic E-state index is 6.26. The molecule has 10 rings (SSSR count). The van der Waals surface area contributed by atoms with Gasteiger partial charge in [-0.2, -0.15) is 0 Å². The average molecular weight is 654 g/mol. The molecule has 0 radical (unpaired) electrons. The Morgan fingerprint density at radius 1 is 0.294 bits per heavy atom. The molecule has 3 heteroatoms. The van der Waals surface area contributed by atoms with Gasteiger partial charge in [0.25, 0.3) is 0 Å². The zero-order valence-corrected chi connectivity index (χ0v) is 27.7. The molecule has 0 amide bonds. The van der Waals surface area contributed by atoms with Crippen LogP contribution in [-0.4, -0.2) is 0 Å². The third-order valence-corrected chi connectivity index (χ3v) is 9.91. The van der Waals surface area contributed by atoms with Crippen LogP contribution in [0.1, 0.15) is 0 Å². The molecule has 0 bridgehead atoms. The van der Waals surface area contributed by atoms with Crippen LogP contribution in [0.15, 0.2) is 197 Å². The highest BCUT2D eigenvalue weighted by Gasteiger charge is 2.16. The van der Waals surface area contributed by atoms with Crippen LogP contribution in [0.25, 0.3) is 77.3 Å². The third kappa shape index (κ3) is 5.06. The predicted octanol–water partition coefficient (Wildman–Crippen LogP) is 14.0. The molecule has 240 valence electrons. The van der Waals surface area contributed by atoms with Crippen LogP contribution < -0.4 is 4.90 Å². The molecule has 8 aromatic carbocycles. The van der Waals surface area contributed by atoms with Crippen LogP contribution >= 0.6 is 0 Å². The van der Waals surface area contributed by atoms with Crippen LogP contribution in [-0.2, 0) is 0 Å². The van der Waals surface area contributed by atoms with E-state index in [1.807, 2.05) is 30.3 Å². The molecule has 51 heavy (non-hydrogen) atoms. The first kappa shape index (κ1) is 29.1. The number of para-hydroxylation sites is 3. The first-order valence-electron chi connectivity index (χ1n) is 17.2. The standard InChI is InChI=1S/C48H31NO2/c1-2-9-37(10-3-1)49(39-29-30-42-41-11-4-6-14-44(41)51-47(42)31-39)38-27-25-35(26-28-38)33-19-17-32(18-20-33)34-21-23-36(24-22-34)40-13-8-16-46-48(40)43-12-5-7-15-45(43)50-46/h1-31H. The van der Waals surface area contributed by atoms with Gasteiger partial charge in [0.2, 0.25) is 0 Å². The van der Waals surface area contributed by atoms with E-state index in [0.717, 1.165) is 60.9 Å². The Hall–Kier alpha value is -6.84. The molecule has 2 heterocycles. The Bertz CT molecular complexity index is 2830. The highest BCUT2D eigenvalue weighted by atomic mass is 16.3. The Morgan fingerprint density at radius 2 is 0.765 bits per heavy atom. The lowest BCUT2D eigenvalue weighted by Crippen LogP contribution is -2.09. The zero-order chi connectivity index (χ0) is 33.7. The predicted molar refractivity (Wildman–Crippen MR) is 212 cm³/mol. The Balaban J connectivity index is 0.932. The number of hydrogen-bond donors (Lipinski definition) is 0. The summed E-state index contributed by atoms with van der Waals surface area (Å²) in [5.41, 5.74) is 13.9.